The molecule has 1 fully saturated rings. The molecular formula is C24H28N4. The van der Waals surface area contributed by atoms with Gasteiger partial charge in [0.05, 0.1) is 5.69 Å². The van der Waals surface area contributed by atoms with Crippen LogP contribution in [0.4, 0.5) is 11.5 Å². The van der Waals surface area contributed by atoms with Crippen LogP contribution in [0.3, 0.4) is 0 Å². The highest BCUT2D eigenvalue weighted by Crippen LogP contribution is 2.22. The molecule has 0 amide bonds. The van der Waals surface area contributed by atoms with Gasteiger partial charge in [-0.15, -0.1) is 0 Å². The second-order valence-electron chi connectivity index (χ2n) is 7.50. The number of nitrogens with two attached hydrogens (primary N) is 1. The zero-order valence-corrected chi connectivity index (χ0v) is 16.5. The smallest absolute Gasteiger partial charge is 0.124 e. The lowest BCUT2D eigenvalue weighted by Crippen LogP contribution is -2.47. The summed E-state index contributed by atoms with van der Waals surface area (Å²) < 4.78 is 0. The highest BCUT2D eigenvalue weighted by Gasteiger charge is 2.17. The van der Waals surface area contributed by atoms with Gasteiger partial charge in [0.25, 0.3) is 0 Å². The summed E-state index contributed by atoms with van der Waals surface area (Å²) in [6, 6.07) is 23.1. The van der Waals surface area contributed by atoms with Gasteiger partial charge in [0, 0.05) is 44.0 Å². The molecule has 2 aromatic carbocycles. The fourth-order valence-corrected chi connectivity index (χ4v) is 3.90. The van der Waals surface area contributed by atoms with Gasteiger partial charge in [0.2, 0.25) is 0 Å². The van der Waals surface area contributed by atoms with Gasteiger partial charge in [-0.3, -0.25) is 4.90 Å². The van der Waals surface area contributed by atoms with Crippen LogP contribution in [0.2, 0.25) is 0 Å². The molecule has 2 heterocycles. The van der Waals surface area contributed by atoms with Crippen LogP contribution in [0.1, 0.15) is 11.1 Å². The monoisotopic (exact) mass is 372 g/mol. The molecule has 3 aromatic rings. The van der Waals surface area contributed by atoms with Crippen molar-refractivity contribution in [3.63, 3.8) is 0 Å². The van der Waals surface area contributed by atoms with Crippen molar-refractivity contribution < 1.29 is 0 Å². The molecule has 0 aliphatic carbocycles. The maximum Gasteiger partial charge on any atom is 0.124 e. The van der Waals surface area contributed by atoms with E-state index in [-0.39, 0.29) is 0 Å². The van der Waals surface area contributed by atoms with Crippen molar-refractivity contribution in [1.29, 1.82) is 0 Å². The second kappa shape index (κ2) is 8.44. The van der Waals surface area contributed by atoms with Crippen molar-refractivity contribution in [2.24, 2.45) is 0 Å². The molecule has 0 bridgehead atoms. The Morgan fingerprint density at radius 3 is 2.39 bits per heavy atom. The molecule has 1 saturated heterocycles. The molecule has 0 saturated carbocycles. The van der Waals surface area contributed by atoms with E-state index in [1.54, 1.807) is 0 Å². The second-order valence-corrected chi connectivity index (χ2v) is 7.50. The number of aromatic nitrogens is 1. The topological polar surface area (TPSA) is 45.4 Å². The molecule has 4 heteroatoms. The highest BCUT2D eigenvalue weighted by atomic mass is 15.3. The number of nitrogen functional groups attached to an aromatic ring is 1. The first-order valence-corrected chi connectivity index (χ1v) is 10.0. The zero-order valence-electron chi connectivity index (χ0n) is 16.5. The zero-order chi connectivity index (χ0) is 19.3. The number of nitrogens with zero attached hydrogens (tertiary/aromatic N) is 3. The highest BCUT2D eigenvalue weighted by molar-refractivity contribution is 5.62. The van der Waals surface area contributed by atoms with Gasteiger partial charge >= 0.3 is 0 Å². The number of rotatable bonds is 5. The quantitative estimate of drug-likeness (QED) is 0.735. The Hall–Kier alpha value is -2.85. The lowest BCUT2D eigenvalue weighted by atomic mass is 10.0. The van der Waals surface area contributed by atoms with Gasteiger partial charge in [-0.2, -0.15) is 0 Å². The van der Waals surface area contributed by atoms with Crippen molar-refractivity contribution in [2.45, 2.75) is 13.3 Å². The van der Waals surface area contributed by atoms with Crippen molar-refractivity contribution >= 4 is 11.5 Å². The molecule has 28 heavy (non-hydrogen) atoms. The van der Waals surface area contributed by atoms with Crippen LogP contribution in [-0.2, 0) is 6.42 Å². The number of aryl methyl sites for hydroxylation is 1. The Labute approximate surface area is 167 Å². The van der Waals surface area contributed by atoms with E-state index in [1.165, 1.54) is 16.8 Å². The van der Waals surface area contributed by atoms with Gasteiger partial charge in [0.1, 0.15) is 5.82 Å². The maximum absolute atomic E-state index is 5.82. The Morgan fingerprint density at radius 2 is 1.68 bits per heavy atom. The SMILES string of the molecule is Cc1cc(-c2cccc(N)n2)ccc1CCN1CCN(c2ccccc2)CC1. The van der Waals surface area contributed by atoms with Crippen LogP contribution >= 0.6 is 0 Å². The number of hydrogen-bond donors (Lipinski definition) is 1. The average Bonchev–Trinajstić information content (AvgIpc) is 2.74. The maximum atomic E-state index is 5.82. The van der Waals surface area contributed by atoms with E-state index in [4.69, 9.17) is 5.73 Å². The van der Waals surface area contributed by atoms with E-state index in [0.717, 1.165) is 50.4 Å². The van der Waals surface area contributed by atoms with E-state index < -0.39 is 0 Å². The molecular weight excluding hydrogens is 344 g/mol. The van der Waals surface area contributed by atoms with Crippen molar-refractivity contribution in [2.75, 3.05) is 43.4 Å². The number of anilines is 2. The molecule has 4 nitrogen and oxygen atoms in total. The minimum absolute atomic E-state index is 0.564. The van der Waals surface area contributed by atoms with Gasteiger partial charge in [-0.05, 0) is 54.8 Å². The fourth-order valence-electron chi connectivity index (χ4n) is 3.90. The number of pyridine rings is 1. The van der Waals surface area contributed by atoms with Crippen LogP contribution in [0.25, 0.3) is 11.3 Å². The van der Waals surface area contributed by atoms with Gasteiger partial charge in [0.15, 0.2) is 0 Å². The van der Waals surface area contributed by atoms with Crippen LogP contribution in [0.5, 0.6) is 0 Å². The summed E-state index contributed by atoms with van der Waals surface area (Å²) in [4.78, 5) is 9.49. The molecule has 4 rings (SSSR count). The first-order chi connectivity index (χ1) is 13.7. The van der Waals surface area contributed by atoms with E-state index in [9.17, 15) is 0 Å². The first-order valence-electron chi connectivity index (χ1n) is 10.0. The normalized spacial score (nSPS) is 15.0. The molecule has 1 aromatic heterocycles. The molecule has 0 atom stereocenters. The summed E-state index contributed by atoms with van der Waals surface area (Å²) in [5.41, 5.74) is 12.0. The first kappa shape index (κ1) is 18.5. The van der Waals surface area contributed by atoms with Crippen molar-refractivity contribution in [3.05, 3.63) is 77.9 Å². The summed E-state index contributed by atoms with van der Waals surface area (Å²) in [7, 11) is 0. The van der Waals surface area contributed by atoms with E-state index in [0.29, 0.717) is 5.82 Å². The third kappa shape index (κ3) is 4.34. The Balaban J connectivity index is 1.33. The Kier molecular flexibility index (Phi) is 5.58. The van der Waals surface area contributed by atoms with E-state index >= 15 is 0 Å². The van der Waals surface area contributed by atoms with Crippen LogP contribution in [-0.4, -0.2) is 42.6 Å². The summed E-state index contributed by atoms with van der Waals surface area (Å²) in [6.07, 6.45) is 1.09. The van der Waals surface area contributed by atoms with Crippen LogP contribution in [0.15, 0.2) is 66.7 Å². The standard InChI is InChI=1S/C24H28N4/c1-19-18-21(23-8-5-9-24(25)26-23)11-10-20(19)12-13-27-14-16-28(17-15-27)22-6-3-2-4-7-22/h2-11,18H,12-17H2,1H3,(H2,25,26). The molecule has 1 aliphatic rings. The van der Waals surface area contributed by atoms with Gasteiger partial charge in [-0.25, -0.2) is 4.98 Å². The Bertz CT molecular complexity index is 915. The summed E-state index contributed by atoms with van der Waals surface area (Å²) in [6.45, 7) is 7.75. The van der Waals surface area contributed by atoms with E-state index in [2.05, 4.69) is 70.2 Å². The lowest BCUT2D eigenvalue weighted by Gasteiger charge is -2.36. The van der Waals surface area contributed by atoms with Crippen molar-refractivity contribution in [1.82, 2.24) is 9.88 Å². The third-order valence-corrected chi connectivity index (χ3v) is 5.60. The number of piperazine rings is 1. The van der Waals surface area contributed by atoms with Crippen LogP contribution < -0.4 is 10.6 Å². The predicted molar refractivity (Wildman–Crippen MR) is 118 cm³/mol. The molecule has 0 unspecified atom stereocenters. The predicted octanol–water partition coefficient (Wildman–Crippen LogP) is 4.00. The third-order valence-electron chi connectivity index (χ3n) is 5.60. The molecule has 2 N–H and O–H groups in total. The molecule has 1 aliphatic heterocycles. The summed E-state index contributed by atoms with van der Waals surface area (Å²) >= 11 is 0. The average molecular weight is 373 g/mol. The van der Waals surface area contributed by atoms with Gasteiger partial charge in [-0.1, -0.05) is 36.4 Å². The molecule has 0 radical (unpaired) electrons. The summed E-state index contributed by atoms with van der Waals surface area (Å²) in [5, 5.41) is 0. The fraction of sp³-hybridized carbons (Fsp3) is 0.292. The van der Waals surface area contributed by atoms with E-state index in [1.807, 2.05) is 18.2 Å². The number of para-hydroxylation sites is 1. The number of benzene rings is 2. The minimum Gasteiger partial charge on any atom is -0.384 e. The molecule has 144 valence electrons. The Morgan fingerprint density at radius 1 is 0.893 bits per heavy atom. The lowest BCUT2D eigenvalue weighted by molar-refractivity contribution is 0.261. The minimum atomic E-state index is 0.564. The number of hydrogen-bond acceptors (Lipinski definition) is 4. The van der Waals surface area contributed by atoms with Crippen LogP contribution in [0, 0.1) is 6.92 Å². The molecule has 0 spiro atoms. The van der Waals surface area contributed by atoms with Gasteiger partial charge < -0.3 is 10.6 Å². The van der Waals surface area contributed by atoms with Crippen molar-refractivity contribution in [3.8, 4) is 11.3 Å². The largest absolute Gasteiger partial charge is 0.384 e. The summed E-state index contributed by atoms with van der Waals surface area (Å²) in [5.74, 6) is 0.564.